The Morgan fingerprint density at radius 3 is 2.64 bits per heavy atom. The van der Waals surface area contributed by atoms with Gasteiger partial charge in [-0.25, -0.2) is 13.8 Å². The smallest absolute Gasteiger partial charge is 0.263 e. The number of carbonyl (C=O) groups is 3. The molecule has 2 aromatic carbocycles. The lowest BCUT2D eigenvalue weighted by atomic mass is 9.92. The Morgan fingerprint density at radius 1 is 1.00 bits per heavy atom. The number of imide groups is 1. The number of aromatic hydroxyl groups is 1. The van der Waals surface area contributed by atoms with Crippen LogP contribution < -0.4 is 25.2 Å². The zero-order chi connectivity index (χ0) is 42.2. The zero-order valence-electron chi connectivity index (χ0n) is 33.6. The highest BCUT2D eigenvalue weighted by Gasteiger charge is 2.56. The van der Waals surface area contributed by atoms with Crippen LogP contribution in [0.1, 0.15) is 72.2 Å². The normalized spacial score (nSPS) is 25.2. The summed E-state index contributed by atoms with van der Waals surface area (Å²) < 4.78 is 36.5. The Kier molecular flexibility index (Phi) is 9.97. The lowest BCUT2D eigenvalue weighted by Gasteiger charge is -2.43. The zero-order valence-corrected chi connectivity index (χ0v) is 34.4. The Hall–Kier alpha value is -5.61. The second-order valence-electron chi connectivity index (χ2n) is 17.2. The SMILES string of the molecule is CC1c2ccc(O[C@H]3CN4c5cc(-c6cccc(Cl)c6O)nnc5NC[C@@]4(C(F)F)C3)nc2CCN1CC1CCN(c2ccc3c(c2)C(=O)N([C@H]2CCC(=O)NC2=O)C3)CC1. The summed E-state index contributed by atoms with van der Waals surface area (Å²) >= 11 is 6.15. The molecule has 0 bridgehead atoms. The molecule has 14 nitrogen and oxygen atoms in total. The average molecular weight is 854 g/mol. The number of piperidine rings is 2. The van der Waals surface area contributed by atoms with Gasteiger partial charge in [0, 0.05) is 87.5 Å². The Morgan fingerprint density at radius 2 is 1.84 bits per heavy atom. The van der Waals surface area contributed by atoms with Gasteiger partial charge >= 0.3 is 0 Å². The van der Waals surface area contributed by atoms with Gasteiger partial charge in [0.15, 0.2) is 5.82 Å². The highest BCUT2D eigenvalue weighted by molar-refractivity contribution is 6.32. The predicted molar refractivity (Wildman–Crippen MR) is 223 cm³/mol. The molecule has 3 amide bonds. The summed E-state index contributed by atoms with van der Waals surface area (Å²) in [5, 5.41) is 24.7. The van der Waals surface area contributed by atoms with E-state index in [1.54, 1.807) is 34.1 Å². The first kappa shape index (κ1) is 39.5. The van der Waals surface area contributed by atoms with Crippen LogP contribution in [0.3, 0.4) is 0 Å². The minimum Gasteiger partial charge on any atom is -0.506 e. The standard InChI is InChI=1S/C44H46ClF2N9O5/c1-24-29-7-10-38(61-28-19-44(43(46)47)23-48-40-36(56(44)22-28)18-34(51-52-40)30-3-2-4-32(45)39(30)58)49-33(29)13-16-54(24)20-25-11-14-53(15-12-25)27-6-5-26-21-55(42(60)31(26)17-27)35-8-9-37(57)50-41(35)59/h2-7,10,17-18,24-25,28,35,43,58H,8-9,11-16,19-23H2,1H3,(H,48,52)(H,50,57,59)/t24?,28-,35+,44-/m1/s1. The molecule has 0 saturated carbocycles. The number of phenols is 1. The van der Waals surface area contributed by atoms with Crippen LogP contribution in [-0.4, -0.2) is 111 Å². The Balaban J connectivity index is 0.761. The summed E-state index contributed by atoms with van der Waals surface area (Å²) in [6.07, 6.45) is 0.199. The van der Waals surface area contributed by atoms with Gasteiger partial charge < -0.3 is 29.9 Å². The molecule has 0 spiro atoms. The van der Waals surface area contributed by atoms with Crippen LogP contribution >= 0.6 is 11.6 Å². The molecule has 6 aliphatic heterocycles. The number of hydrogen-bond donors (Lipinski definition) is 3. The number of benzene rings is 2. The van der Waals surface area contributed by atoms with Crippen molar-refractivity contribution < 1.29 is 33.0 Å². The largest absolute Gasteiger partial charge is 0.506 e. The summed E-state index contributed by atoms with van der Waals surface area (Å²) in [6, 6.07) is 16.0. The maximum atomic E-state index is 15.0. The van der Waals surface area contributed by atoms with Crippen LogP contribution in [0.15, 0.2) is 54.6 Å². The molecule has 1 unspecified atom stereocenters. The lowest BCUT2D eigenvalue weighted by Crippen LogP contribution is -2.57. The van der Waals surface area contributed by atoms with E-state index in [1.165, 1.54) is 0 Å². The first-order chi connectivity index (χ1) is 29.5. The minimum atomic E-state index is -2.68. The monoisotopic (exact) mass is 853 g/mol. The lowest BCUT2D eigenvalue weighted by molar-refractivity contribution is -0.136. The number of amides is 3. The molecule has 61 heavy (non-hydrogen) atoms. The Labute approximate surface area is 356 Å². The van der Waals surface area contributed by atoms with Gasteiger partial charge in [0.2, 0.25) is 17.7 Å². The highest BCUT2D eigenvalue weighted by Crippen LogP contribution is 2.47. The number of pyridine rings is 1. The highest BCUT2D eigenvalue weighted by atomic mass is 35.5. The third kappa shape index (κ3) is 6.97. The predicted octanol–water partition coefficient (Wildman–Crippen LogP) is 5.58. The van der Waals surface area contributed by atoms with Gasteiger partial charge in [-0.2, -0.15) is 0 Å². The first-order valence-corrected chi connectivity index (χ1v) is 21.4. The molecule has 6 aliphatic rings. The van der Waals surface area contributed by atoms with Crippen molar-refractivity contribution in [2.45, 2.75) is 82.1 Å². The maximum Gasteiger partial charge on any atom is 0.263 e. The number of nitrogens with one attached hydrogen (secondary N) is 2. The van der Waals surface area contributed by atoms with Crippen molar-refractivity contribution in [3.63, 3.8) is 0 Å². The molecular weight excluding hydrogens is 808 g/mol. The fourth-order valence-electron chi connectivity index (χ4n) is 10.3. The molecule has 3 fully saturated rings. The van der Waals surface area contributed by atoms with E-state index in [2.05, 4.69) is 49.7 Å². The topological polar surface area (TPSA) is 156 Å². The van der Waals surface area contributed by atoms with Crippen molar-refractivity contribution in [1.82, 2.24) is 30.3 Å². The molecular formula is C44H46ClF2N9O5. The fraction of sp³-hybridized carbons (Fsp3) is 0.455. The van der Waals surface area contributed by atoms with Crippen molar-refractivity contribution in [2.75, 3.05) is 54.4 Å². The number of hydrogen-bond acceptors (Lipinski definition) is 12. The van der Waals surface area contributed by atoms with Gasteiger partial charge in [0.25, 0.3) is 12.3 Å². The van der Waals surface area contributed by atoms with E-state index < -0.39 is 30.0 Å². The molecule has 3 N–H and O–H groups in total. The van der Waals surface area contributed by atoms with Gasteiger partial charge in [-0.3, -0.25) is 24.6 Å². The molecule has 4 atom stereocenters. The van der Waals surface area contributed by atoms with Gasteiger partial charge in [-0.05, 0) is 73.6 Å². The van der Waals surface area contributed by atoms with Crippen molar-refractivity contribution >= 4 is 46.5 Å². The van der Waals surface area contributed by atoms with Crippen molar-refractivity contribution in [3.05, 3.63) is 82.0 Å². The molecule has 0 aliphatic carbocycles. The van der Waals surface area contributed by atoms with Gasteiger partial charge in [-0.1, -0.05) is 29.8 Å². The molecule has 0 radical (unpaired) electrons. The quantitative estimate of drug-likeness (QED) is 0.190. The van der Waals surface area contributed by atoms with Crippen molar-refractivity contribution in [1.29, 1.82) is 0 Å². The van der Waals surface area contributed by atoms with E-state index in [0.717, 1.165) is 67.9 Å². The van der Waals surface area contributed by atoms with Gasteiger partial charge in [0.05, 0.1) is 28.6 Å². The van der Waals surface area contributed by atoms with Crippen LogP contribution in [0.4, 0.5) is 26.0 Å². The van der Waals surface area contributed by atoms with Crippen LogP contribution in [-0.2, 0) is 22.6 Å². The molecule has 318 valence electrons. The number of ether oxygens (including phenoxy) is 1. The third-order valence-electron chi connectivity index (χ3n) is 13.7. The number of fused-ring (bicyclic) bond motifs is 5. The summed E-state index contributed by atoms with van der Waals surface area (Å²) in [5.74, 6) is 0.306. The van der Waals surface area contributed by atoms with E-state index in [9.17, 15) is 19.5 Å². The number of rotatable bonds is 8. The van der Waals surface area contributed by atoms with E-state index >= 15 is 8.78 Å². The first-order valence-electron chi connectivity index (χ1n) is 21.0. The van der Waals surface area contributed by atoms with Crippen LogP contribution in [0, 0.1) is 5.92 Å². The van der Waals surface area contributed by atoms with E-state index in [1.807, 2.05) is 18.2 Å². The van der Waals surface area contributed by atoms with Gasteiger partial charge in [0.1, 0.15) is 23.4 Å². The number of halogens is 3. The number of anilines is 3. The minimum absolute atomic E-state index is 0.0277. The number of carbonyl (C=O) groups excluding carboxylic acids is 3. The molecule has 4 aromatic rings. The average Bonchev–Trinajstić information content (AvgIpc) is 3.80. The number of alkyl halides is 2. The molecule has 2 aromatic heterocycles. The summed E-state index contributed by atoms with van der Waals surface area (Å²) in [5.41, 5.74) is 4.26. The fourth-order valence-corrected chi connectivity index (χ4v) is 10.4. The second-order valence-corrected chi connectivity index (χ2v) is 17.6. The van der Waals surface area contributed by atoms with Crippen LogP contribution in [0.2, 0.25) is 5.02 Å². The third-order valence-corrected chi connectivity index (χ3v) is 14.0. The van der Waals surface area contributed by atoms with Crippen molar-refractivity contribution in [3.8, 4) is 22.9 Å². The van der Waals surface area contributed by atoms with Gasteiger partial charge in [-0.15, -0.1) is 10.2 Å². The number of aromatic nitrogens is 3. The Bertz CT molecular complexity index is 2430. The molecule has 8 heterocycles. The maximum absolute atomic E-state index is 15.0. The van der Waals surface area contributed by atoms with Crippen LogP contribution in [0.5, 0.6) is 11.6 Å². The van der Waals surface area contributed by atoms with E-state index in [0.29, 0.717) is 53.1 Å². The van der Waals surface area contributed by atoms with E-state index in [-0.39, 0.29) is 54.6 Å². The second kappa shape index (κ2) is 15.4. The molecule has 3 saturated heterocycles. The summed E-state index contributed by atoms with van der Waals surface area (Å²) in [6.45, 7) is 6.31. The summed E-state index contributed by atoms with van der Waals surface area (Å²) in [4.78, 5) is 50.6. The molecule has 10 rings (SSSR count). The number of para-hydroxylation sites is 1. The van der Waals surface area contributed by atoms with E-state index in [4.69, 9.17) is 21.3 Å². The number of nitrogens with zero attached hydrogens (tertiary/aromatic N) is 7. The molecule has 17 heteroatoms. The van der Waals surface area contributed by atoms with Crippen molar-refractivity contribution in [2.24, 2.45) is 5.92 Å². The number of phenolic OH excluding ortho intramolecular Hbond substituents is 1. The van der Waals surface area contributed by atoms with Crippen LogP contribution in [0.25, 0.3) is 11.3 Å². The summed E-state index contributed by atoms with van der Waals surface area (Å²) in [7, 11) is 0.